The molecule has 0 saturated carbocycles. The monoisotopic (exact) mass is 223 g/mol. The molecule has 2 nitrogen and oxygen atoms in total. The van der Waals surface area contributed by atoms with Gasteiger partial charge in [-0.2, -0.15) is 0 Å². The standard InChI is InChI=1S/C8H8Cl2FNO/c9-5-2-1-4(6(12)3-11)8(13)7(5)10/h1-2,6,13H,3,12H2/t6-/m0/s1. The van der Waals surface area contributed by atoms with E-state index in [4.69, 9.17) is 28.9 Å². The molecule has 0 aliphatic rings. The summed E-state index contributed by atoms with van der Waals surface area (Å²) in [5.41, 5.74) is 5.64. The summed E-state index contributed by atoms with van der Waals surface area (Å²) in [6, 6.07) is 2.05. The third kappa shape index (κ3) is 2.05. The van der Waals surface area contributed by atoms with Crippen LogP contribution < -0.4 is 5.73 Å². The van der Waals surface area contributed by atoms with E-state index in [0.29, 0.717) is 0 Å². The van der Waals surface area contributed by atoms with E-state index in [0.717, 1.165) is 0 Å². The highest BCUT2D eigenvalue weighted by Crippen LogP contribution is 2.36. The highest BCUT2D eigenvalue weighted by molar-refractivity contribution is 6.43. The lowest BCUT2D eigenvalue weighted by Gasteiger charge is -2.11. The van der Waals surface area contributed by atoms with Crippen LogP contribution in [0.3, 0.4) is 0 Å². The van der Waals surface area contributed by atoms with Crippen molar-refractivity contribution in [3.8, 4) is 5.75 Å². The van der Waals surface area contributed by atoms with Crippen LogP contribution in [0.2, 0.25) is 10.0 Å². The lowest BCUT2D eigenvalue weighted by atomic mass is 10.1. The maximum atomic E-state index is 12.2. The van der Waals surface area contributed by atoms with Gasteiger partial charge in [-0.15, -0.1) is 0 Å². The first kappa shape index (κ1) is 10.6. The Morgan fingerprint density at radius 2 is 2.08 bits per heavy atom. The molecule has 0 spiro atoms. The van der Waals surface area contributed by atoms with Gasteiger partial charge in [-0.25, -0.2) is 4.39 Å². The molecule has 3 N–H and O–H groups in total. The Hall–Kier alpha value is -0.510. The second-order valence-corrected chi connectivity index (χ2v) is 3.35. The van der Waals surface area contributed by atoms with Gasteiger partial charge in [0.05, 0.1) is 11.1 Å². The molecule has 0 unspecified atom stereocenters. The molecule has 0 aromatic heterocycles. The van der Waals surface area contributed by atoms with Crippen molar-refractivity contribution in [3.05, 3.63) is 27.7 Å². The van der Waals surface area contributed by atoms with Gasteiger partial charge in [0.2, 0.25) is 0 Å². The minimum absolute atomic E-state index is 0.00284. The Bertz CT molecular complexity index is 319. The van der Waals surface area contributed by atoms with E-state index in [1.165, 1.54) is 12.1 Å². The maximum absolute atomic E-state index is 12.2. The SMILES string of the molecule is N[C@@H](CF)c1ccc(Cl)c(Cl)c1O. The maximum Gasteiger partial charge on any atom is 0.140 e. The number of rotatable bonds is 2. The quantitative estimate of drug-likeness (QED) is 0.811. The Morgan fingerprint density at radius 1 is 1.46 bits per heavy atom. The van der Waals surface area contributed by atoms with Crippen LogP contribution in [0.5, 0.6) is 5.75 Å². The number of nitrogens with two attached hydrogens (primary N) is 1. The van der Waals surface area contributed by atoms with Gasteiger partial charge in [0.1, 0.15) is 17.4 Å². The minimum atomic E-state index is -0.866. The zero-order valence-corrected chi connectivity index (χ0v) is 8.11. The number of aromatic hydroxyl groups is 1. The van der Waals surface area contributed by atoms with Crippen molar-refractivity contribution in [1.82, 2.24) is 0 Å². The fourth-order valence-electron chi connectivity index (χ4n) is 0.937. The topological polar surface area (TPSA) is 46.2 Å². The van der Waals surface area contributed by atoms with E-state index < -0.39 is 12.7 Å². The molecule has 5 heteroatoms. The van der Waals surface area contributed by atoms with Gasteiger partial charge in [-0.3, -0.25) is 0 Å². The van der Waals surface area contributed by atoms with Gasteiger partial charge >= 0.3 is 0 Å². The first-order valence-electron chi connectivity index (χ1n) is 3.56. The van der Waals surface area contributed by atoms with Crippen molar-refractivity contribution in [3.63, 3.8) is 0 Å². The molecule has 0 bridgehead atoms. The molecule has 1 atom stereocenters. The lowest BCUT2D eigenvalue weighted by molar-refractivity contribution is 0.414. The van der Waals surface area contributed by atoms with E-state index in [1.54, 1.807) is 0 Å². The molecular weight excluding hydrogens is 216 g/mol. The molecule has 1 aromatic carbocycles. The number of phenolic OH excluding ortho intramolecular Hbond substituents is 1. The number of alkyl halides is 1. The summed E-state index contributed by atoms with van der Waals surface area (Å²) in [6.45, 7) is -0.758. The molecule has 72 valence electrons. The molecular formula is C8H8Cl2FNO. The van der Waals surface area contributed by atoms with E-state index >= 15 is 0 Å². The molecule has 1 aromatic rings. The number of benzene rings is 1. The average molecular weight is 224 g/mol. The van der Waals surface area contributed by atoms with Crippen LogP contribution in [0.1, 0.15) is 11.6 Å². The summed E-state index contributed by atoms with van der Waals surface area (Å²) in [4.78, 5) is 0. The van der Waals surface area contributed by atoms with Gasteiger partial charge < -0.3 is 10.8 Å². The van der Waals surface area contributed by atoms with Gasteiger partial charge in [0.15, 0.2) is 0 Å². The molecule has 0 aliphatic heterocycles. The van der Waals surface area contributed by atoms with Crippen LogP contribution in [-0.4, -0.2) is 11.8 Å². The highest BCUT2D eigenvalue weighted by Gasteiger charge is 2.14. The van der Waals surface area contributed by atoms with Gasteiger partial charge in [0, 0.05) is 5.56 Å². The van der Waals surface area contributed by atoms with Crippen LogP contribution in [0.15, 0.2) is 12.1 Å². The van der Waals surface area contributed by atoms with E-state index in [2.05, 4.69) is 0 Å². The van der Waals surface area contributed by atoms with Crippen LogP contribution in [0, 0.1) is 0 Å². The van der Waals surface area contributed by atoms with Crippen molar-refractivity contribution in [2.24, 2.45) is 5.73 Å². The van der Waals surface area contributed by atoms with E-state index in [-0.39, 0.29) is 21.4 Å². The smallest absolute Gasteiger partial charge is 0.140 e. The zero-order valence-electron chi connectivity index (χ0n) is 6.60. The van der Waals surface area contributed by atoms with Gasteiger partial charge in [0.25, 0.3) is 0 Å². The first-order valence-corrected chi connectivity index (χ1v) is 4.32. The fourth-order valence-corrected chi connectivity index (χ4v) is 1.26. The predicted molar refractivity (Wildman–Crippen MR) is 51.0 cm³/mol. The highest BCUT2D eigenvalue weighted by atomic mass is 35.5. The first-order chi connectivity index (χ1) is 6.07. The van der Waals surface area contributed by atoms with Crippen molar-refractivity contribution >= 4 is 23.2 Å². The summed E-state index contributed by atoms with van der Waals surface area (Å²) in [6.07, 6.45) is 0. The zero-order chi connectivity index (χ0) is 10.0. The van der Waals surface area contributed by atoms with Crippen LogP contribution in [-0.2, 0) is 0 Å². The Balaban J connectivity index is 3.18. The third-order valence-electron chi connectivity index (χ3n) is 1.67. The van der Waals surface area contributed by atoms with Gasteiger partial charge in [-0.05, 0) is 6.07 Å². The Morgan fingerprint density at radius 3 is 2.62 bits per heavy atom. The summed E-state index contributed by atoms with van der Waals surface area (Å²) >= 11 is 11.2. The second-order valence-electron chi connectivity index (χ2n) is 2.56. The number of hydrogen-bond acceptors (Lipinski definition) is 2. The summed E-state index contributed by atoms with van der Waals surface area (Å²) < 4.78 is 12.2. The molecule has 0 fully saturated rings. The molecule has 0 heterocycles. The normalized spacial score (nSPS) is 12.9. The molecule has 0 radical (unpaired) electrons. The Kier molecular flexibility index (Phi) is 3.36. The molecule has 13 heavy (non-hydrogen) atoms. The Labute approximate surface area is 85.1 Å². The van der Waals surface area contributed by atoms with Crippen molar-refractivity contribution in [2.75, 3.05) is 6.67 Å². The summed E-state index contributed by atoms with van der Waals surface area (Å²) in [5, 5.41) is 9.64. The van der Waals surface area contributed by atoms with Crippen LogP contribution >= 0.6 is 23.2 Å². The fraction of sp³-hybridized carbons (Fsp3) is 0.250. The summed E-state index contributed by atoms with van der Waals surface area (Å²) in [7, 11) is 0. The second kappa shape index (κ2) is 4.13. The van der Waals surface area contributed by atoms with Gasteiger partial charge in [-0.1, -0.05) is 29.3 Å². The van der Waals surface area contributed by atoms with E-state index in [9.17, 15) is 9.50 Å². The molecule has 0 saturated heterocycles. The average Bonchev–Trinajstić information content (AvgIpc) is 2.13. The van der Waals surface area contributed by atoms with Crippen LogP contribution in [0.25, 0.3) is 0 Å². The van der Waals surface area contributed by atoms with Crippen molar-refractivity contribution in [1.29, 1.82) is 0 Å². The molecule has 0 amide bonds. The third-order valence-corrected chi connectivity index (χ3v) is 2.46. The van der Waals surface area contributed by atoms with Crippen LogP contribution in [0.4, 0.5) is 4.39 Å². The summed E-state index contributed by atoms with van der Waals surface area (Å²) in [5.74, 6) is -0.251. The predicted octanol–water partition coefficient (Wildman–Crippen LogP) is 2.67. The number of phenols is 1. The van der Waals surface area contributed by atoms with Crippen molar-refractivity contribution < 1.29 is 9.50 Å². The minimum Gasteiger partial charge on any atom is -0.506 e. The molecule has 0 aliphatic carbocycles. The number of hydrogen-bond donors (Lipinski definition) is 2. The largest absolute Gasteiger partial charge is 0.506 e. The lowest BCUT2D eigenvalue weighted by Crippen LogP contribution is -2.12. The van der Waals surface area contributed by atoms with E-state index in [1.807, 2.05) is 0 Å². The number of halogens is 3. The molecule has 1 rings (SSSR count). The van der Waals surface area contributed by atoms with Crippen molar-refractivity contribution in [2.45, 2.75) is 6.04 Å².